The minimum absolute atomic E-state index is 0.664. The number of thioether (sulfide) groups is 1. The number of hydrogen-bond acceptors (Lipinski definition) is 6. The van der Waals surface area contributed by atoms with Gasteiger partial charge in [0.15, 0.2) is 11.4 Å². The summed E-state index contributed by atoms with van der Waals surface area (Å²) in [7, 11) is 1.68. The molecule has 0 spiro atoms. The molecule has 3 heterocycles. The summed E-state index contributed by atoms with van der Waals surface area (Å²) in [5, 5.41) is 13.4. The zero-order valence-corrected chi connectivity index (χ0v) is 11.1. The largest absolute Gasteiger partial charge is 0.463 e. The predicted octanol–water partition coefficient (Wildman–Crippen LogP) is 2.12. The molecule has 7 heteroatoms. The van der Waals surface area contributed by atoms with Crippen molar-refractivity contribution in [2.75, 3.05) is 19.5 Å². The van der Waals surface area contributed by atoms with Crippen molar-refractivity contribution in [2.45, 2.75) is 5.16 Å². The first kappa shape index (κ1) is 12.2. The molecule has 0 radical (unpaired) electrons. The summed E-state index contributed by atoms with van der Waals surface area (Å²) in [4.78, 5) is 0. The maximum absolute atomic E-state index is 5.34. The molecule has 98 valence electrons. The van der Waals surface area contributed by atoms with Crippen molar-refractivity contribution in [3.63, 3.8) is 0 Å². The molecule has 0 atom stereocenters. The summed E-state index contributed by atoms with van der Waals surface area (Å²) in [5.74, 6) is 1.53. The number of methoxy groups -OCH3 is 1. The number of nitrogens with zero attached hydrogens (tertiary/aromatic N) is 4. The SMILES string of the molecule is COCCSc1nnc2ccc(-c3ccco3)nn12. The maximum Gasteiger partial charge on any atom is 0.212 e. The normalized spacial score (nSPS) is 11.2. The Hall–Kier alpha value is -1.86. The Bertz CT molecular complexity index is 665. The first-order valence-electron chi connectivity index (χ1n) is 5.76. The minimum Gasteiger partial charge on any atom is -0.463 e. The van der Waals surface area contributed by atoms with Crippen LogP contribution in [0.25, 0.3) is 17.1 Å². The van der Waals surface area contributed by atoms with E-state index in [0.717, 1.165) is 28.0 Å². The number of hydrogen-bond donors (Lipinski definition) is 0. The first-order chi connectivity index (χ1) is 9.38. The summed E-state index contributed by atoms with van der Waals surface area (Å²) in [5.41, 5.74) is 1.47. The lowest BCUT2D eigenvalue weighted by Crippen LogP contribution is -1.98. The van der Waals surface area contributed by atoms with Crippen LogP contribution >= 0.6 is 11.8 Å². The van der Waals surface area contributed by atoms with Crippen LogP contribution in [-0.2, 0) is 4.74 Å². The van der Waals surface area contributed by atoms with E-state index in [2.05, 4.69) is 15.3 Å². The van der Waals surface area contributed by atoms with Crippen molar-refractivity contribution in [3.8, 4) is 11.5 Å². The lowest BCUT2D eigenvalue weighted by atomic mass is 10.3. The van der Waals surface area contributed by atoms with Gasteiger partial charge in [-0.3, -0.25) is 0 Å². The van der Waals surface area contributed by atoms with Gasteiger partial charge in [-0.05, 0) is 24.3 Å². The minimum atomic E-state index is 0.664. The van der Waals surface area contributed by atoms with Crippen molar-refractivity contribution in [1.29, 1.82) is 0 Å². The molecule has 0 aromatic carbocycles. The summed E-state index contributed by atoms with van der Waals surface area (Å²) in [6, 6.07) is 7.45. The average Bonchev–Trinajstić information content (AvgIpc) is 3.08. The molecule has 0 aliphatic carbocycles. The molecule has 0 aliphatic rings. The Morgan fingerprint density at radius 3 is 3.05 bits per heavy atom. The van der Waals surface area contributed by atoms with E-state index >= 15 is 0 Å². The summed E-state index contributed by atoms with van der Waals surface area (Å²) in [6.07, 6.45) is 1.63. The number of rotatable bonds is 5. The van der Waals surface area contributed by atoms with Gasteiger partial charge in [0.2, 0.25) is 5.16 Å². The highest BCUT2D eigenvalue weighted by atomic mass is 32.2. The molecule has 6 nitrogen and oxygen atoms in total. The molecular formula is C12H12N4O2S. The molecule has 3 aromatic heterocycles. The van der Waals surface area contributed by atoms with E-state index < -0.39 is 0 Å². The van der Waals surface area contributed by atoms with Gasteiger partial charge in [0, 0.05) is 12.9 Å². The fourth-order valence-electron chi connectivity index (χ4n) is 1.63. The zero-order chi connectivity index (χ0) is 13.1. The Morgan fingerprint density at radius 2 is 2.26 bits per heavy atom. The van der Waals surface area contributed by atoms with Crippen molar-refractivity contribution in [2.24, 2.45) is 0 Å². The second-order valence-corrected chi connectivity index (χ2v) is 4.85. The van der Waals surface area contributed by atoms with E-state index in [9.17, 15) is 0 Å². The van der Waals surface area contributed by atoms with Gasteiger partial charge in [0.25, 0.3) is 0 Å². The van der Waals surface area contributed by atoms with Crippen LogP contribution in [0.15, 0.2) is 40.1 Å². The third kappa shape index (κ3) is 2.47. The Kier molecular flexibility index (Phi) is 3.47. The van der Waals surface area contributed by atoms with Gasteiger partial charge >= 0.3 is 0 Å². The molecule has 0 N–H and O–H groups in total. The molecule has 0 saturated carbocycles. The van der Waals surface area contributed by atoms with Gasteiger partial charge in [-0.2, -0.15) is 9.61 Å². The van der Waals surface area contributed by atoms with Crippen LogP contribution in [0.5, 0.6) is 0 Å². The summed E-state index contributed by atoms with van der Waals surface area (Å²) < 4.78 is 12.1. The van der Waals surface area contributed by atoms with Crippen LogP contribution in [0.2, 0.25) is 0 Å². The highest BCUT2D eigenvalue weighted by molar-refractivity contribution is 7.99. The molecular weight excluding hydrogens is 264 g/mol. The van der Waals surface area contributed by atoms with E-state index in [0.29, 0.717) is 6.61 Å². The predicted molar refractivity (Wildman–Crippen MR) is 71.1 cm³/mol. The zero-order valence-electron chi connectivity index (χ0n) is 10.3. The Morgan fingerprint density at radius 1 is 1.32 bits per heavy atom. The van der Waals surface area contributed by atoms with Gasteiger partial charge in [-0.1, -0.05) is 11.8 Å². The van der Waals surface area contributed by atoms with Crippen LogP contribution in [0.1, 0.15) is 0 Å². The molecule has 0 aliphatic heterocycles. The fourth-order valence-corrected chi connectivity index (χ4v) is 2.42. The number of fused-ring (bicyclic) bond motifs is 1. The average molecular weight is 276 g/mol. The molecule has 0 fully saturated rings. The van der Waals surface area contributed by atoms with E-state index in [1.165, 1.54) is 0 Å². The van der Waals surface area contributed by atoms with E-state index in [1.807, 2.05) is 24.3 Å². The van der Waals surface area contributed by atoms with Crippen LogP contribution in [0, 0.1) is 0 Å². The monoisotopic (exact) mass is 276 g/mol. The number of aromatic nitrogens is 4. The first-order valence-corrected chi connectivity index (χ1v) is 6.75. The summed E-state index contributed by atoms with van der Waals surface area (Å²) in [6.45, 7) is 0.664. The van der Waals surface area contributed by atoms with Gasteiger partial charge in [-0.25, -0.2) is 0 Å². The van der Waals surface area contributed by atoms with Gasteiger partial charge in [0.1, 0.15) is 5.69 Å². The van der Waals surface area contributed by atoms with Gasteiger partial charge in [-0.15, -0.1) is 10.2 Å². The molecule has 0 amide bonds. The van der Waals surface area contributed by atoms with Crippen LogP contribution in [0.3, 0.4) is 0 Å². The molecule has 3 rings (SSSR count). The van der Waals surface area contributed by atoms with Crippen molar-refractivity contribution in [3.05, 3.63) is 30.5 Å². The van der Waals surface area contributed by atoms with Gasteiger partial charge < -0.3 is 9.15 Å². The van der Waals surface area contributed by atoms with E-state index in [1.54, 1.807) is 29.7 Å². The second kappa shape index (κ2) is 5.41. The highest BCUT2D eigenvalue weighted by Crippen LogP contribution is 2.20. The Balaban J connectivity index is 1.94. The second-order valence-electron chi connectivity index (χ2n) is 3.79. The lowest BCUT2D eigenvalue weighted by Gasteiger charge is -2.00. The highest BCUT2D eigenvalue weighted by Gasteiger charge is 2.10. The smallest absolute Gasteiger partial charge is 0.212 e. The van der Waals surface area contributed by atoms with E-state index in [4.69, 9.17) is 9.15 Å². The molecule has 0 unspecified atom stereocenters. The van der Waals surface area contributed by atoms with Crippen LogP contribution in [0.4, 0.5) is 0 Å². The third-order valence-electron chi connectivity index (χ3n) is 2.53. The molecule has 0 saturated heterocycles. The number of furan rings is 1. The van der Waals surface area contributed by atoms with Gasteiger partial charge in [0.05, 0.1) is 12.9 Å². The van der Waals surface area contributed by atoms with Crippen molar-refractivity contribution < 1.29 is 9.15 Å². The lowest BCUT2D eigenvalue weighted by molar-refractivity contribution is 0.218. The molecule has 0 bridgehead atoms. The topological polar surface area (TPSA) is 65.5 Å². The summed E-state index contributed by atoms with van der Waals surface area (Å²) >= 11 is 1.56. The van der Waals surface area contributed by atoms with Crippen LogP contribution < -0.4 is 0 Å². The Labute approximate surface area is 113 Å². The van der Waals surface area contributed by atoms with Crippen LogP contribution in [-0.4, -0.2) is 39.3 Å². The maximum atomic E-state index is 5.34. The third-order valence-corrected chi connectivity index (χ3v) is 3.41. The fraction of sp³-hybridized carbons (Fsp3) is 0.250. The molecule has 19 heavy (non-hydrogen) atoms. The van der Waals surface area contributed by atoms with E-state index in [-0.39, 0.29) is 0 Å². The number of ether oxygens (including phenoxy) is 1. The van der Waals surface area contributed by atoms with Crippen molar-refractivity contribution in [1.82, 2.24) is 19.8 Å². The quantitative estimate of drug-likeness (QED) is 0.525. The van der Waals surface area contributed by atoms with Crippen molar-refractivity contribution >= 4 is 17.4 Å². The molecule has 3 aromatic rings. The standard InChI is InChI=1S/C12H12N4O2S/c1-17-7-8-19-12-14-13-11-5-4-9(15-16(11)12)10-3-2-6-18-10/h2-6H,7-8H2,1H3.